The van der Waals surface area contributed by atoms with Crippen molar-refractivity contribution in [1.82, 2.24) is 20.1 Å². The molecule has 164 valence electrons. The summed E-state index contributed by atoms with van der Waals surface area (Å²) in [5, 5.41) is 5.84. The molecule has 0 radical (unpaired) electrons. The van der Waals surface area contributed by atoms with E-state index in [9.17, 15) is 35.5 Å². The number of nitrogens with zero attached hydrogens (tertiary/aromatic N) is 3. The van der Waals surface area contributed by atoms with Crippen LogP contribution in [0.2, 0.25) is 0 Å². The molecule has 31 heavy (non-hydrogen) atoms. The lowest BCUT2D eigenvalue weighted by atomic mass is 10.1. The van der Waals surface area contributed by atoms with E-state index < -0.39 is 47.1 Å². The Bertz CT molecular complexity index is 1090. The third-order valence-corrected chi connectivity index (χ3v) is 4.26. The third-order valence-electron chi connectivity index (χ3n) is 4.26. The Morgan fingerprint density at radius 1 is 1.03 bits per heavy atom. The number of hydrogen-bond donors (Lipinski definition) is 1. The molecule has 1 aromatic carbocycles. The number of alkyl halides is 6. The predicted molar refractivity (Wildman–Crippen MR) is 93.6 cm³/mol. The van der Waals surface area contributed by atoms with Crippen LogP contribution in [0.5, 0.6) is 0 Å². The van der Waals surface area contributed by atoms with Crippen LogP contribution in [0.3, 0.4) is 0 Å². The van der Waals surface area contributed by atoms with E-state index in [-0.39, 0.29) is 11.3 Å². The molecule has 0 aliphatic heterocycles. The second-order valence-electron chi connectivity index (χ2n) is 6.47. The van der Waals surface area contributed by atoms with Crippen molar-refractivity contribution in [3.05, 3.63) is 77.1 Å². The molecule has 0 spiro atoms. The molecular weight excluding hydrogens is 433 g/mol. The van der Waals surface area contributed by atoms with Crippen molar-refractivity contribution >= 4 is 5.91 Å². The number of amides is 1. The highest BCUT2D eigenvalue weighted by molar-refractivity contribution is 5.95. The van der Waals surface area contributed by atoms with Crippen LogP contribution in [-0.2, 0) is 12.4 Å². The fraction of sp³-hybridized carbons (Fsp3) is 0.211. The molecule has 0 aliphatic rings. The zero-order chi connectivity index (χ0) is 23.0. The van der Waals surface area contributed by atoms with E-state index in [1.54, 1.807) is 0 Å². The van der Waals surface area contributed by atoms with Crippen molar-refractivity contribution in [2.45, 2.75) is 25.3 Å². The first-order chi connectivity index (χ1) is 14.4. The Morgan fingerprint density at radius 2 is 1.74 bits per heavy atom. The Kier molecular flexibility index (Phi) is 5.74. The fourth-order valence-corrected chi connectivity index (χ4v) is 2.78. The Morgan fingerprint density at radius 3 is 2.29 bits per heavy atom. The molecule has 1 N–H and O–H groups in total. The average Bonchev–Trinajstić information content (AvgIpc) is 3.13. The van der Waals surface area contributed by atoms with Gasteiger partial charge in [-0.2, -0.15) is 31.4 Å². The van der Waals surface area contributed by atoms with Gasteiger partial charge in [-0.1, -0.05) is 12.1 Å². The lowest BCUT2D eigenvalue weighted by Crippen LogP contribution is -2.29. The second-order valence-corrected chi connectivity index (χ2v) is 6.47. The van der Waals surface area contributed by atoms with Crippen molar-refractivity contribution in [2.75, 3.05) is 0 Å². The summed E-state index contributed by atoms with van der Waals surface area (Å²) < 4.78 is 92.6. The van der Waals surface area contributed by atoms with Crippen LogP contribution < -0.4 is 5.32 Å². The van der Waals surface area contributed by atoms with Crippen LogP contribution in [0.15, 0.2) is 48.8 Å². The Labute approximate surface area is 170 Å². The summed E-state index contributed by atoms with van der Waals surface area (Å²) in [5.74, 6) is -1.96. The number of carbonyl (C=O) groups is 1. The van der Waals surface area contributed by atoms with Gasteiger partial charge in [0.25, 0.3) is 5.91 Å². The minimum Gasteiger partial charge on any atom is -0.345 e. The van der Waals surface area contributed by atoms with Crippen molar-refractivity contribution in [3.63, 3.8) is 0 Å². The smallest absolute Gasteiger partial charge is 0.345 e. The number of nitrogens with one attached hydrogen (secondary N) is 1. The first-order valence-corrected chi connectivity index (χ1v) is 8.63. The summed E-state index contributed by atoms with van der Waals surface area (Å²) in [7, 11) is 0. The molecule has 1 atom stereocenters. The number of benzene rings is 1. The van der Waals surface area contributed by atoms with Crippen LogP contribution >= 0.6 is 0 Å². The van der Waals surface area contributed by atoms with Gasteiger partial charge in [0.2, 0.25) is 0 Å². The lowest BCUT2D eigenvalue weighted by molar-refractivity contribution is -0.143. The normalized spacial score (nSPS) is 13.2. The number of pyridine rings is 1. The number of aromatic nitrogens is 3. The van der Waals surface area contributed by atoms with Crippen molar-refractivity contribution in [3.8, 4) is 5.69 Å². The zero-order valence-corrected chi connectivity index (χ0v) is 15.6. The summed E-state index contributed by atoms with van der Waals surface area (Å²) in [6.45, 7) is 1.37. The van der Waals surface area contributed by atoms with E-state index in [1.165, 1.54) is 19.1 Å². The maximum absolute atomic E-state index is 13.7. The van der Waals surface area contributed by atoms with Gasteiger partial charge < -0.3 is 5.32 Å². The molecule has 1 amide bonds. The number of rotatable bonds is 4. The second kappa shape index (κ2) is 8.00. The van der Waals surface area contributed by atoms with Crippen LogP contribution in [0.25, 0.3) is 5.69 Å². The molecule has 0 saturated carbocycles. The summed E-state index contributed by atoms with van der Waals surface area (Å²) in [5.41, 5.74) is -3.50. The topological polar surface area (TPSA) is 59.8 Å². The van der Waals surface area contributed by atoms with Gasteiger partial charge in [0, 0.05) is 6.20 Å². The molecule has 5 nitrogen and oxygen atoms in total. The van der Waals surface area contributed by atoms with E-state index in [2.05, 4.69) is 15.4 Å². The van der Waals surface area contributed by atoms with Gasteiger partial charge in [0.05, 0.1) is 23.5 Å². The molecule has 0 unspecified atom stereocenters. The lowest BCUT2D eigenvalue weighted by Gasteiger charge is -2.16. The van der Waals surface area contributed by atoms with Crippen molar-refractivity contribution < 1.29 is 35.5 Å². The summed E-state index contributed by atoms with van der Waals surface area (Å²) in [6, 6.07) is 5.02. The first-order valence-electron chi connectivity index (χ1n) is 8.63. The van der Waals surface area contributed by atoms with Gasteiger partial charge in [0.15, 0.2) is 5.69 Å². The van der Waals surface area contributed by atoms with Gasteiger partial charge in [-0.3, -0.25) is 9.78 Å². The Hall–Kier alpha value is -3.44. The highest BCUT2D eigenvalue weighted by Gasteiger charge is 2.41. The molecule has 2 heterocycles. The van der Waals surface area contributed by atoms with E-state index in [1.807, 2.05) is 0 Å². The molecule has 0 fully saturated rings. The van der Waals surface area contributed by atoms with Crippen LogP contribution in [0.1, 0.15) is 40.3 Å². The van der Waals surface area contributed by atoms with Gasteiger partial charge in [0.1, 0.15) is 11.5 Å². The standard InChI is InChI=1S/C19H13F7N4O/c1-10(11-5-6-15(27-8-11)18(21,22)23)29-17(31)14-9-28-30(16(14)19(24,25)26)13-4-2-3-12(20)7-13/h2-10H,1H3,(H,29,31)/t10-/m1/s1. The van der Waals surface area contributed by atoms with Gasteiger partial charge in [-0.05, 0) is 36.8 Å². The molecule has 0 bridgehead atoms. The molecule has 0 saturated heterocycles. The SMILES string of the molecule is C[C@@H](NC(=O)c1cnn(-c2cccc(F)c2)c1C(F)(F)F)c1ccc(C(F)(F)F)nc1. The largest absolute Gasteiger partial charge is 0.434 e. The van der Waals surface area contributed by atoms with Gasteiger partial charge in [-0.15, -0.1) is 0 Å². The highest BCUT2D eigenvalue weighted by Crippen LogP contribution is 2.34. The van der Waals surface area contributed by atoms with Crippen molar-refractivity contribution in [2.24, 2.45) is 0 Å². The Balaban J connectivity index is 1.89. The first kappa shape index (κ1) is 22.2. The zero-order valence-electron chi connectivity index (χ0n) is 15.6. The maximum atomic E-state index is 13.7. The molecule has 3 rings (SSSR count). The van der Waals surface area contributed by atoms with Crippen LogP contribution in [-0.4, -0.2) is 20.7 Å². The van der Waals surface area contributed by atoms with Gasteiger partial charge >= 0.3 is 12.4 Å². The van der Waals surface area contributed by atoms with E-state index in [4.69, 9.17) is 0 Å². The van der Waals surface area contributed by atoms with Crippen molar-refractivity contribution in [1.29, 1.82) is 0 Å². The fourth-order valence-electron chi connectivity index (χ4n) is 2.78. The average molecular weight is 446 g/mol. The van der Waals surface area contributed by atoms with E-state index in [0.29, 0.717) is 16.9 Å². The molecule has 12 heteroatoms. The molecular formula is C19H13F7N4O. The monoisotopic (exact) mass is 446 g/mol. The predicted octanol–water partition coefficient (Wildman–Crippen LogP) is 4.94. The number of carbonyl (C=O) groups excluding carboxylic acids is 1. The molecule has 3 aromatic rings. The summed E-state index contributed by atoms with van der Waals surface area (Å²) >= 11 is 0. The number of halogens is 7. The maximum Gasteiger partial charge on any atom is 0.434 e. The van der Waals surface area contributed by atoms with Crippen LogP contribution in [0, 0.1) is 5.82 Å². The minimum absolute atomic E-state index is 0.146. The molecule has 0 aliphatic carbocycles. The summed E-state index contributed by atoms with van der Waals surface area (Å²) in [4.78, 5) is 15.7. The quantitative estimate of drug-likeness (QED) is 0.578. The minimum atomic E-state index is -5.01. The van der Waals surface area contributed by atoms with E-state index in [0.717, 1.165) is 24.4 Å². The van der Waals surface area contributed by atoms with Gasteiger partial charge in [-0.25, -0.2) is 9.07 Å². The third kappa shape index (κ3) is 4.84. The highest BCUT2D eigenvalue weighted by atomic mass is 19.4. The molecule has 2 aromatic heterocycles. The summed E-state index contributed by atoms with van der Waals surface area (Å²) in [6.07, 6.45) is -8.11. The van der Waals surface area contributed by atoms with Crippen LogP contribution in [0.4, 0.5) is 30.7 Å². The van der Waals surface area contributed by atoms with E-state index >= 15 is 0 Å². The number of hydrogen-bond acceptors (Lipinski definition) is 3.